The molecular weight excluding hydrogens is 459 g/mol. The lowest BCUT2D eigenvalue weighted by Gasteiger charge is -2.36. The minimum atomic E-state index is -0.999. The quantitative estimate of drug-likeness (QED) is 0.395. The molecule has 1 fully saturated rings. The number of benzene rings is 2. The maximum absolute atomic E-state index is 15.7. The number of aryl methyl sites for hydroxylation is 1. The summed E-state index contributed by atoms with van der Waals surface area (Å²) < 4.78 is 45.3. The average Bonchev–Trinajstić information content (AvgIpc) is 2.85. The van der Waals surface area contributed by atoms with Gasteiger partial charge in [-0.15, -0.1) is 0 Å². The Balaban J connectivity index is 1.78. The van der Waals surface area contributed by atoms with E-state index in [0.717, 1.165) is 22.4 Å². The van der Waals surface area contributed by atoms with Crippen LogP contribution in [-0.4, -0.2) is 54.0 Å². The topological polar surface area (TPSA) is 62.6 Å². The molecule has 9 heteroatoms. The van der Waals surface area contributed by atoms with Gasteiger partial charge in [-0.2, -0.15) is 0 Å². The number of carbonyl (C=O) groups is 2. The highest BCUT2D eigenvalue weighted by atomic mass is 19.1. The number of anilines is 1. The summed E-state index contributed by atoms with van der Waals surface area (Å²) in [5.41, 5.74) is -1.00. The molecule has 1 aliphatic heterocycles. The third-order valence-corrected chi connectivity index (χ3v) is 6.09. The number of fused-ring (bicyclic) bond motifs is 1. The van der Waals surface area contributed by atoms with Gasteiger partial charge in [0.05, 0.1) is 23.0 Å². The predicted molar refractivity (Wildman–Crippen MR) is 128 cm³/mol. The van der Waals surface area contributed by atoms with E-state index in [0.29, 0.717) is 13.1 Å². The molecule has 182 valence electrons. The lowest BCUT2D eigenvalue weighted by molar-refractivity contribution is -0.129. The van der Waals surface area contributed by atoms with E-state index in [1.165, 1.54) is 24.0 Å². The van der Waals surface area contributed by atoms with Crippen LogP contribution in [0, 0.1) is 11.6 Å². The Bertz CT molecular complexity index is 1360. The molecule has 1 amide bonds. The second-order valence-electron chi connectivity index (χ2n) is 8.27. The Kier molecular flexibility index (Phi) is 7.04. The lowest BCUT2D eigenvalue weighted by atomic mass is 10.0. The van der Waals surface area contributed by atoms with Crippen molar-refractivity contribution in [3.8, 4) is 0 Å². The van der Waals surface area contributed by atoms with Crippen LogP contribution in [0.25, 0.3) is 17.0 Å². The number of nitrogens with zero attached hydrogens (tertiary/aromatic N) is 3. The normalized spacial score (nSPS) is 14.2. The Morgan fingerprint density at radius 2 is 1.74 bits per heavy atom. The zero-order valence-corrected chi connectivity index (χ0v) is 19.1. The van der Waals surface area contributed by atoms with Crippen LogP contribution in [0.15, 0.2) is 53.5 Å². The largest absolute Gasteiger partial charge is 0.363 e. The number of halogens is 3. The molecule has 0 N–H and O–H groups in total. The molecule has 2 aromatic carbocycles. The fraction of sp³-hybridized carbons (Fsp3) is 0.269. The van der Waals surface area contributed by atoms with Gasteiger partial charge < -0.3 is 14.4 Å². The molecule has 3 aromatic rings. The average molecular weight is 483 g/mol. The SMILES string of the molecule is CC(=O)N1CCN(c2c(F)cc3c(=O)c(C(=O)/C=C/c4ccccc4)cn(CCF)c3c2F)CC1. The van der Waals surface area contributed by atoms with Gasteiger partial charge in [0.25, 0.3) is 0 Å². The van der Waals surface area contributed by atoms with Gasteiger partial charge in [-0.25, -0.2) is 13.2 Å². The standard InChI is InChI=1S/C26H24F3N3O3/c1-17(33)30-11-13-31(14-12-30)25-21(28)15-19-24(23(25)29)32(10-9-27)16-20(26(19)35)22(34)8-7-18-5-3-2-4-6-18/h2-8,15-16H,9-14H2,1H3/b8-7+. The molecule has 0 radical (unpaired) electrons. The maximum atomic E-state index is 15.7. The van der Waals surface area contributed by atoms with Gasteiger partial charge >= 0.3 is 0 Å². The second-order valence-corrected chi connectivity index (χ2v) is 8.27. The van der Waals surface area contributed by atoms with Crippen LogP contribution < -0.4 is 10.3 Å². The van der Waals surface area contributed by atoms with Crippen molar-refractivity contribution >= 4 is 34.4 Å². The van der Waals surface area contributed by atoms with Crippen molar-refractivity contribution in [2.75, 3.05) is 37.8 Å². The maximum Gasteiger partial charge on any atom is 0.219 e. The molecule has 1 saturated heterocycles. The van der Waals surface area contributed by atoms with Crippen LogP contribution in [0.1, 0.15) is 22.8 Å². The molecule has 0 aliphatic carbocycles. The van der Waals surface area contributed by atoms with Crippen molar-refractivity contribution in [2.45, 2.75) is 13.5 Å². The van der Waals surface area contributed by atoms with Crippen molar-refractivity contribution < 1.29 is 22.8 Å². The summed E-state index contributed by atoms with van der Waals surface area (Å²) in [5, 5.41) is -0.335. The van der Waals surface area contributed by atoms with Crippen LogP contribution >= 0.6 is 0 Å². The number of allylic oxidation sites excluding steroid dienone is 1. The van der Waals surface area contributed by atoms with E-state index in [1.807, 2.05) is 6.07 Å². The second kappa shape index (κ2) is 10.2. The zero-order valence-electron chi connectivity index (χ0n) is 19.1. The van der Waals surface area contributed by atoms with Gasteiger partial charge in [-0.05, 0) is 17.7 Å². The Labute approximate surface area is 199 Å². The third-order valence-electron chi connectivity index (χ3n) is 6.09. The van der Waals surface area contributed by atoms with Crippen LogP contribution in [0.4, 0.5) is 18.9 Å². The highest BCUT2D eigenvalue weighted by Gasteiger charge is 2.27. The van der Waals surface area contributed by atoms with Crippen LogP contribution in [0.2, 0.25) is 0 Å². The van der Waals surface area contributed by atoms with Crippen LogP contribution in [0.3, 0.4) is 0 Å². The fourth-order valence-corrected chi connectivity index (χ4v) is 4.28. The first-order chi connectivity index (χ1) is 16.8. The molecular formula is C26H24F3N3O3. The number of rotatable bonds is 6. The van der Waals surface area contributed by atoms with E-state index in [-0.39, 0.29) is 47.7 Å². The summed E-state index contributed by atoms with van der Waals surface area (Å²) in [6.07, 6.45) is 3.85. The number of piperazine rings is 1. The molecule has 0 spiro atoms. The van der Waals surface area contributed by atoms with E-state index in [1.54, 1.807) is 29.2 Å². The number of hydrogen-bond donors (Lipinski definition) is 0. The van der Waals surface area contributed by atoms with Gasteiger partial charge in [0.1, 0.15) is 18.2 Å². The number of ketones is 1. The first kappa shape index (κ1) is 24.3. The van der Waals surface area contributed by atoms with Crippen molar-refractivity contribution in [1.29, 1.82) is 0 Å². The van der Waals surface area contributed by atoms with Crippen molar-refractivity contribution in [1.82, 2.24) is 9.47 Å². The van der Waals surface area contributed by atoms with E-state index >= 15 is 8.78 Å². The molecule has 1 aliphatic rings. The van der Waals surface area contributed by atoms with Gasteiger partial charge in [-0.1, -0.05) is 36.4 Å². The zero-order chi connectivity index (χ0) is 25.1. The molecule has 2 heterocycles. The number of hydrogen-bond acceptors (Lipinski definition) is 4. The van der Waals surface area contributed by atoms with Crippen molar-refractivity contribution in [2.24, 2.45) is 0 Å². The van der Waals surface area contributed by atoms with E-state index in [4.69, 9.17) is 0 Å². The first-order valence-corrected chi connectivity index (χ1v) is 11.2. The smallest absolute Gasteiger partial charge is 0.219 e. The molecule has 4 rings (SSSR count). The number of pyridine rings is 1. The predicted octanol–water partition coefficient (Wildman–Crippen LogP) is 3.81. The van der Waals surface area contributed by atoms with Gasteiger partial charge in [0.15, 0.2) is 11.6 Å². The molecule has 0 unspecified atom stereocenters. The molecule has 0 bridgehead atoms. The summed E-state index contributed by atoms with van der Waals surface area (Å²) in [6, 6.07) is 9.84. The summed E-state index contributed by atoms with van der Waals surface area (Å²) in [6.45, 7) is 1.22. The highest BCUT2D eigenvalue weighted by molar-refractivity contribution is 6.08. The van der Waals surface area contributed by atoms with Crippen molar-refractivity contribution in [3.05, 3.63) is 81.7 Å². The lowest BCUT2D eigenvalue weighted by Crippen LogP contribution is -2.48. The molecule has 35 heavy (non-hydrogen) atoms. The number of aromatic nitrogens is 1. The number of alkyl halides is 1. The van der Waals surface area contributed by atoms with Gasteiger partial charge in [-0.3, -0.25) is 14.4 Å². The van der Waals surface area contributed by atoms with Crippen LogP contribution in [0.5, 0.6) is 0 Å². The van der Waals surface area contributed by atoms with E-state index in [2.05, 4.69) is 0 Å². The highest BCUT2D eigenvalue weighted by Crippen LogP contribution is 2.31. The molecule has 0 atom stereocenters. The monoisotopic (exact) mass is 483 g/mol. The first-order valence-electron chi connectivity index (χ1n) is 11.2. The molecule has 0 saturated carbocycles. The van der Waals surface area contributed by atoms with E-state index in [9.17, 15) is 18.8 Å². The Hall–Kier alpha value is -3.88. The van der Waals surface area contributed by atoms with Gasteiger partial charge in [0, 0.05) is 39.3 Å². The third kappa shape index (κ3) is 4.84. The van der Waals surface area contributed by atoms with Gasteiger partial charge in [0.2, 0.25) is 11.3 Å². The number of carbonyl (C=O) groups excluding carboxylic acids is 2. The minimum absolute atomic E-state index is 0.126. The Morgan fingerprint density at radius 1 is 1.06 bits per heavy atom. The number of amides is 1. The summed E-state index contributed by atoms with van der Waals surface area (Å²) in [5.74, 6) is -2.74. The Morgan fingerprint density at radius 3 is 2.37 bits per heavy atom. The molecule has 6 nitrogen and oxygen atoms in total. The van der Waals surface area contributed by atoms with E-state index < -0.39 is 29.5 Å². The summed E-state index contributed by atoms with van der Waals surface area (Å²) in [4.78, 5) is 40.5. The summed E-state index contributed by atoms with van der Waals surface area (Å²) >= 11 is 0. The van der Waals surface area contributed by atoms with Crippen molar-refractivity contribution in [3.63, 3.8) is 0 Å². The molecule has 1 aromatic heterocycles. The minimum Gasteiger partial charge on any atom is -0.363 e. The summed E-state index contributed by atoms with van der Waals surface area (Å²) in [7, 11) is 0. The fourth-order valence-electron chi connectivity index (χ4n) is 4.28. The van der Waals surface area contributed by atoms with Crippen LogP contribution in [-0.2, 0) is 11.3 Å².